The molecule has 1 aliphatic rings. The molecule has 1 fully saturated rings. The second-order valence-corrected chi connectivity index (χ2v) is 7.37. The summed E-state index contributed by atoms with van der Waals surface area (Å²) in [5.74, 6) is -0.723. The Bertz CT molecular complexity index is 648. The van der Waals surface area contributed by atoms with Gasteiger partial charge in [0.05, 0.1) is 6.04 Å². The number of benzene rings is 1. The van der Waals surface area contributed by atoms with Crippen LogP contribution in [0, 0.1) is 13.8 Å². The Hall–Kier alpha value is -1.73. The first-order valence-electron chi connectivity index (χ1n) is 7.93. The third-order valence-electron chi connectivity index (χ3n) is 3.99. The molecule has 0 aromatic heterocycles. The molecule has 0 saturated carbocycles. The molecule has 0 radical (unpaired) electrons. The van der Waals surface area contributed by atoms with E-state index < -0.39 is 0 Å². The molecule has 2 unspecified atom stereocenters. The van der Waals surface area contributed by atoms with Gasteiger partial charge in [0.15, 0.2) is 5.78 Å². The highest BCUT2D eigenvalue weighted by Gasteiger charge is 2.27. The maximum atomic E-state index is 12.2. The molecule has 2 rings (SSSR count). The monoisotopic (exact) mass is 395 g/mol. The molecule has 0 bridgehead atoms. The van der Waals surface area contributed by atoms with Crippen molar-refractivity contribution in [3.05, 3.63) is 34.9 Å². The van der Waals surface area contributed by atoms with Gasteiger partial charge >= 0.3 is 0 Å². The molecular formula is C17H22BrN3O3. The minimum atomic E-state index is -0.379. The molecule has 1 aliphatic heterocycles. The van der Waals surface area contributed by atoms with Gasteiger partial charge in [-0.15, -0.1) is 0 Å². The predicted molar refractivity (Wildman–Crippen MR) is 94.9 cm³/mol. The molecule has 2 amide bonds. The molecule has 7 heteroatoms. The van der Waals surface area contributed by atoms with E-state index in [1.165, 1.54) is 0 Å². The topological polar surface area (TPSA) is 87.3 Å². The average molecular weight is 396 g/mol. The van der Waals surface area contributed by atoms with Crippen molar-refractivity contribution in [1.29, 1.82) is 0 Å². The van der Waals surface area contributed by atoms with Gasteiger partial charge in [0.2, 0.25) is 5.91 Å². The third-order valence-corrected chi connectivity index (χ3v) is 4.69. The number of aryl methyl sites for hydroxylation is 2. The highest BCUT2D eigenvalue weighted by atomic mass is 79.9. The Kier molecular flexibility index (Phi) is 6.51. The molecule has 0 aliphatic carbocycles. The SMILES string of the molecule is Cc1ccc(C)c(C(=O)CCC(=O)NNC(=O)C2CC(Br)CN2)c1. The zero-order valence-electron chi connectivity index (χ0n) is 13.8. The van der Waals surface area contributed by atoms with Crippen molar-refractivity contribution < 1.29 is 14.4 Å². The van der Waals surface area contributed by atoms with Crippen LogP contribution in [0.5, 0.6) is 0 Å². The number of nitrogens with one attached hydrogen (secondary N) is 3. The highest BCUT2D eigenvalue weighted by Crippen LogP contribution is 2.15. The number of hydrogen-bond donors (Lipinski definition) is 3. The number of amides is 2. The van der Waals surface area contributed by atoms with Crippen LogP contribution in [0.4, 0.5) is 0 Å². The Morgan fingerprint density at radius 1 is 1.21 bits per heavy atom. The van der Waals surface area contributed by atoms with Crippen molar-refractivity contribution in [3.8, 4) is 0 Å². The van der Waals surface area contributed by atoms with Crippen molar-refractivity contribution in [1.82, 2.24) is 16.2 Å². The van der Waals surface area contributed by atoms with Crippen LogP contribution in [-0.4, -0.2) is 35.0 Å². The van der Waals surface area contributed by atoms with Crippen molar-refractivity contribution >= 4 is 33.5 Å². The maximum absolute atomic E-state index is 12.2. The lowest BCUT2D eigenvalue weighted by atomic mass is 9.99. The largest absolute Gasteiger partial charge is 0.305 e. The minimum Gasteiger partial charge on any atom is -0.305 e. The van der Waals surface area contributed by atoms with E-state index in [-0.39, 0.29) is 41.3 Å². The lowest BCUT2D eigenvalue weighted by molar-refractivity contribution is -0.129. The zero-order chi connectivity index (χ0) is 17.7. The Morgan fingerprint density at radius 3 is 2.62 bits per heavy atom. The van der Waals surface area contributed by atoms with E-state index in [4.69, 9.17) is 0 Å². The smallest absolute Gasteiger partial charge is 0.255 e. The van der Waals surface area contributed by atoms with Gasteiger partial charge in [0.1, 0.15) is 0 Å². The minimum absolute atomic E-state index is 0.0334. The van der Waals surface area contributed by atoms with Gasteiger partial charge in [0, 0.05) is 29.8 Å². The lowest BCUT2D eigenvalue weighted by Crippen LogP contribution is -2.49. The number of rotatable bonds is 5. The Labute approximate surface area is 149 Å². The molecule has 0 spiro atoms. The Balaban J connectivity index is 1.75. The fourth-order valence-corrected chi connectivity index (χ4v) is 3.13. The average Bonchev–Trinajstić information content (AvgIpc) is 2.99. The van der Waals surface area contributed by atoms with Gasteiger partial charge in [-0.05, 0) is 31.9 Å². The van der Waals surface area contributed by atoms with Crippen molar-refractivity contribution in [2.24, 2.45) is 0 Å². The summed E-state index contributed by atoms with van der Waals surface area (Å²) in [7, 11) is 0. The van der Waals surface area contributed by atoms with E-state index in [2.05, 4.69) is 32.1 Å². The van der Waals surface area contributed by atoms with Crippen LogP contribution < -0.4 is 16.2 Å². The third kappa shape index (κ3) is 5.14. The molecule has 3 N–H and O–H groups in total. The van der Waals surface area contributed by atoms with Crippen LogP contribution >= 0.6 is 15.9 Å². The van der Waals surface area contributed by atoms with Gasteiger partial charge in [-0.3, -0.25) is 25.2 Å². The molecule has 2 atom stereocenters. The Morgan fingerprint density at radius 2 is 1.96 bits per heavy atom. The number of hydrazine groups is 1. The molecule has 24 heavy (non-hydrogen) atoms. The van der Waals surface area contributed by atoms with Crippen LogP contribution in [0.3, 0.4) is 0 Å². The molecule has 1 saturated heterocycles. The fourth-order valence-electron chi connectivity index (χ4n) is 2.57. The first-order valence-corrected chi connectivity index (χ1v) is 8.85. The van der Waals surface area contributed by atoms with Crippen LogP contribution in [0.15, 0.2) is 18.2 Å². The van der Waals surface area contributed by atoms with Crippen molar-refractivity contribution in [3.63, 3.8) is 0 Å². The first kappa shape index (κ1) is 18.6. The summed E-state index contributed by atoms with van der Waals surface area (Å²) in [5, 5.41) is 3.05. The second-order valence-electron chi connectivity index (χ2n) is 6.07. The van der Waals surface area contributed by atoms with Crippen LogP contribution in [0.1, 0.15) is 40.7 Å². The van der Waals surface area contributed by atoms with Crippen LogP contribution in [0.25, 0.3) is 0 Å². The van der Waals surface area contributed by atoms with Gasteiger partial charge < -0.3 is 5.32 Å². The standard InChI is InChI=1S/C17H22BrN3O3/c1-10-3-4-11(2)13(7-10)15(22)5-6-16(23)20-21-17(24)14-8-12(18)9-19-14/h3-4,7,12,14,19H,5-6,8-9H2,1-2H3,(H,20,23)(H,21,24). The first-order chi connectivity index (χ1) is 11.4. The summed E-state index contributed by atoms with van der Waals surface area (Å²) in [6.07, 6.45) is 0.815. The number of Topliss-reactive ketones (excluding diaryl/α,β-unsaturated/α-hetero) is 1. The van der Waals surface area contributed by atoms with E-state index in [0.29, 0.717) is 12.0 Å². The maximum Gasteiger partial charge on any atom is 0.255 e. The fraction of sp³-hybridized carbons (Fsp3) is 0.471. The summed E-state index contributed by atoms with van der Waals surface area (Å²) >= 11 is 3.43. The summed E-state index contributed by atoms with van der Waals surface area (Å²) in [6, 6.07) is 5.36. The second kappa shape index (κ2) is 8.39. The van der Waals surface area contributed by atoms with Crippen LogP contribution in [0.2, 0.25) is 0 Å². The van der Waals surface area contributed by atoms with Gasteiger partial charge in [0.25, 0.3) is 5.91 Å². The summed E-state index contributed by atoms with van der Waals surface area (Å²) in [4.78, 5) is 36.2. The van der Waals surface area contributed by atoms with E-state index in [0.717, 1.165) is 17.7 Å². The molecule has 130 valence electrons. The number of halogens is 1. The van der Waals surface area contributed by atoms with Crippen molar-refractivity contribution in [2.75, 3.05) is 6.54 Å². The van der Waals surface area contributed by atoms with Gasteiger partial charge in [-0.2, -0.15) is 0 Å². The van der Waals surface area contributed by atoms with E-state index in [1.54, 1.807) is 0 Å². The summed E-state index contributed by atoms with van der Waals surface area (Å²) in [5.41, 5.74) is 7.31. The molecule has 1 heterocycles. The normalized spacial score (nSPS) is 19.8. The number of hydrogen-bond acceptors (Lipinski definition) is 4. The number of alkyl halides is 1. The molecule has 1 aromatic carbocycles. The number of carbonyl (C=O) groups excluding carboxylic acids is 3. The number of carbonyl (C=O) groups is 3. The summed E-state index contributed by atoms with van der Waals surface area (Å²) < 4.78 is 0. The quantitative estimate of drug-likeness (QED) is 0.400. The van der Waals surface area contributed by atoms with E-state index in [1.807, 2.05) is 32.0 Å². The van der Waals surface area contributed by atoms with Crippen molar-refractivity contribution in [2.45, 2.75) is 44.0 Å². The van der Waals surface area contributed by atoms with E-state index in [9.17, 15) is 14.4 Å². The van der Waals surface area contributed by atoms with E-state index >= 15 is 0 Å². The zero-order valence-corrected chi connectivity index (χ0v) is 15.4. The predicted octanol–water partition coefficient (Wildman–Crippen LogP) is 1.54. The molecule has 6 nitrogen and oxygen atoms in total. The number of ketones is 1. The lowest BCUT2D eigenvalue weighted by Gasteiger charge is -2.12. The van der Waals surface area contributed by atoms with Gasteiger partial charge in [-0.25, -0.2) is 0 Å². The summed E-state index contributed by atoms with van der Waals surface area (Å²) in [6.45, 7) is 4.52. The molecule has 1 aromatic rings. The molecular weight excluding hydrogens is 374 g/mol. The highest BCUT2D eigenvalue weighted by molar-refractivity contribution is 9.09. The van der Waals surface area contributed by atoms with Crippen LogP contribution in [-0.2, 0) is 9.59 Å². The van der Waals surface area contributed by atoms with Gasteiger partial charge in [-0.1, -0.05) is 33.6 Å².